The van der Waals surface area contributed by atoms with E-state index in [1.165, 1.54) is 4.57 Å². The third kappa shape index (κ3) is 4.17. The van der Waals surface area contributed by atoms with Crippen molar-refractivity contribution in [1.82, 2.24) is 34.1 Å². The molecule has 0 amide bonds. The minimum atomic E-state index is -4.44. The molecule has 3 fully saturated rings. The van der Waals surface area contributed by atoms with E-state index in [1.54, 1.807) is 0 Å². The normalized spacial score (nSPS) is 34.3. The second-order valence-electron chi connectivity index (χ2n) is 10.5. The van der Waals surface area contributed by atoms with Crippen molar-refractivity contribution in [3.8, 4) is 12.3 Å². The second kappa shape index (κ2) is 9.68. The van der Waals surface area contributed by atoms with E-state index < -0.39 is 72.8 Å². The van der Waals surface area contributed by atoms with Gasteiger partial charge in [0.2, 0.25) is 5.95 Å². The number of H-pyrrole nitrogens is 1. The van der Waals surface area contributed by atoms with Crippen LogP contribution in [-0.4, -0.2) is 91.5 Å². The van der Waals surface area contributed by atoms with Crippen LogP contribution in [0.1, 0.15) is 18.9 Å². The fourth-order valence-corrected chi connectivity index (χ4v) is 7.01. The summed E-state index contributed by atoms with van der Waals surface area (Å²) in [5.41, 5.74) is 6.16. The van der Waals surface area contributed by atoms with Gasteiger partial charge in [0.1, 0.15) is 36.7 Å². The molecule has 4 aromatic rings. The highest BCUT2D eigenvalue weighted by Crippen LogP contribution is 2.62. The van der Waals surface area contributed by atoms with E-state index in [4.69, 9.17) is 48.2 Å². The van der Waals surface area contributed by atoms with Crippen LogP contribution in [0.25, 0.3) is 22.2 Å². The zero-order valence-electron chi connectivity index (χ0n) is 22.0. The molecule has 2 aliphatic heterocycles. The number of aliphatic hydroxyl groups is 2. The molecule has 0 aromatic carbocycles. The number of imidazole rings is 1. The monoisotopic (exact) mass is 653 g/mol. The lowest BCUT2D eigenvalue weighted by Gasteiger charge is -2.31. The Bertz CT molecular complexity index is 1990. The number of ether oxygens (including phenoxy) is 2. The highest BCUT2D eigenvalue weighted by Gasteiger charge is 2.80. The molecule has 0 spiro atoms. The summed E-state index contributed by atoms with van der Waals surface area (Å²) in [6.07, 6.45) is 0.224. The zero-order chi connectivity index (χ0) is 31.3. The molecule has 2 saturated heterocycles. The number of alkyl halides is 1. The molecule has 0 radical (unpaired) electrons. The Kier molecular flexibility index (Phi) is 6.40. The van der Waals surface area contributed by atoms with Crippen LogP contribution >= 0.6 is 6.72 Å². The van der Waals surface area contributed by atoms with Crippen molar-refractivity contribution >= 4 is 52.5 Å². The highest BCUT2D eigenvalue weighted by atomic mass is 32.5. The first-order valence-corrected chi connectivity index (χ1v) is 15.4. The van der Waals surface area contributed by atoms with Gasteiger partial charge in [-0.15, -0.1) is 6.42 Å². The summed E-state index contributed by atoms with van der Waals surface area (Å²) in [5.74, 6) is 1.20. The van der Waals surface area contributed by atoms with Crippen LogP contribution in [0.3, 0.4) is 0 Å². The van der Waals surface area contributed by atoms with Crippen molar-refractivity contribution in [2.75, 3.05) is 18.1 Å². The van der Waals surface area contributed by atoms with Crippen molar-refractivity contribution in [2.45, 2.75) is 54.6 Å². The third-order valence-electron chi connectivity index (χ3n) is 7.92. The SMILES string of the molecule is C#C[C@]1(COP(O)(=S)OC2[C@H](n3cnc4c(=O)[nH]c(N)nc43)O[C@@H]3C(O)[C@]23F)O[C@@H](n2cc(F)c3c(N)ncnc32)C[C@@H]1O. The van der Waals surface area contributed by atoms with Crippen molar-refractivity contribution in [3.63, 3.8) is 0 Å². The first kappa shape index (κ1) is 29.1. The molecular weight excluding hydrogens is 631 g/mol. The Morgan fingerprint density at radius 2 is 2.07 bits per heavy atom. The molecule has 21 heteroatoms. The molecule has 232 valence electrons. The summed E-state index contributed by atoms with van der Waals surface area (Å²) in [6.45, 7) is -5.18. The second-order valence-corrected chi connectivity index (χ2v) is 13.3. The molecule has 3 aliphatic rings. The van der Waals surface area contributed by atoms with Crippen LogP contribution < -0.4 is 17.0 Å². The maximum absolute atomic E-state index is 15.8. The molecule has 44 heavy (non-hydrogen) atoms. The first-order chi connectivity index (χ1) is 20.8. The number of aliphatic hydroxyl groups excluding tert-OH is 2. The molecule has 6 heterocycles. The van der Waals surface area contributed by atoms with Gasteiger partial charge in [-0.3, -0.25) is 18.9 Å². The van der Waals surface area contributed by atoms with E-state index in [0.717, 1.165) is 23.4 Å². The van der Waals surface area contributed by atoms with Crippen molar-refractivity contribution < 1.29 is 42.4 Å². The van der Waals surface area contributed by atoms with Gasteiger partial charge in [0.15, 0.2) is 46.2 Å². The number of aromatic amines is 1. The minimum absolute atomic E-state index is 0.0541. The zero-order valence-corrected chi connectivity index (χ0v) is 23.7. The molecule has 4 aromatic heterocycles. The Morgan fingerprint density at radius 1 is 1.30 bits per heavy atom. The van der Waals surface area contributed by atoms with Crippen LogP contribution in [0.2, 0.25) is 0 Å². The van der Waals surface area contributed by atoms with Gasteiger partial charge in [0, 0.05) is 12.6 Å². The van der Waals surface area contributed by atoms with Gasteiger partial charge in [0.25, 0.3) is 5.56 Å². The molecule has 17 nitrogen and oxygen atoms in total. The molecule has 8 N–H and O–H groups in total. The molecular formula is C23H22F2N9O8PS. The van der Waals surface area contributed by atoms with E-state index in [2.05, 4.69) is 30.8 Å². The molecule has 0 bridgehead atoms. The summed E-state index contributed by atoms with van der Waals surface area (Å²) >= 11 is 5.15. The molecule has 3 unspecified atom stereocenters. The topological polar surface area (TPSA) is 244 Å². The molecule has 1 saturated carbocycles. The van der Waals surface area contributed by atoms with Gasteiger partial charge in [-0.25, -0.2) is 23.7 Å². The van der Waals surface area contributed by atoms with Crippen LogP contribution in [0.15, 0.2) is 23.6 Å². The lowest BCUT2D eigenvalue weighted by Crippen LogP contribution is -2.42. The summed E-state index contributed by atoms with van der Waals surface area (Å²) < 4.78 is 55.4. The van der Waals surface area contributed by atoms with Gasteiger partial charge in [-0.2, -0.15) is 4.98 Å². The van der Waals surface area contributed by atoms with Gasteiger partial charge < -0.3 is 45.1 Å². The summed E-state index contributed by atoms with van der Waals surface area (Å²) in [6, 6.07) is 0. The Labute approximate surface area is 249 Å². The lowest BCUT2D eigenvalue weighted by atomic mass is 9.99. The van der Waals surface area contributed by atoms with Crippen LogP contribution in [0.4, 0.5) is 20.5 Å². The number of nitrogens with zero attached hydrogens (tertiary/aromatic N) is 6. The number of anilines is 2. The van der Waals surface area contributed by atoms with Crippen molar-refractivity contribution in [2.24, 2.45) is 0 Å². The van der Waals surface area contributed by atoms with E-state index in [1.807, 2.05) is 0 Å². The van der Waals surface area contributed by atoms with Crippen LogP contribution in [0.5, 0.6) is 0 Å². The predicted molar refractivity (Wildman–Crippen MR) is 148 cm³/mol. The number of hydrogen-bond donors (Lipinski definition) is 6. The Morgan fingerprint density at radius 3 is 2.82 bits per heavy atom. The number of rotatable bonds is 7. The molecule has 9 atom stereocenters. The van der Waals surface area contributed by atoms with Gasteiger partial charge in [-0.1, -0.05) is 5.92 Å². The van der Waals surface area contributed by atoms with Crippen molar-refractivity contribution in [1.29, 1.82) is 0 Å². The number of nitrogen functional groups attached to an aromatic ring is 2. The largest absolute Gasteiger partial charge is 0.389 e. The average Bonchev–Trinajstić information content (AvgIpc) is 3.48. The fraction of sp³-hybridized carbons (Fsp3) is 0.435. The maximum atomic E-state index is 15.8. The van der Waals surface area contributed by atoms with E-state index in [0.29, 0.717) is 0 Å². The Balaban J connectivity index is 1.13. The van der Waals surface area contributed by atoms with E-state index in [9.17, 15) is 24.3 Å². The predicted octanol–water partition coefficient (Wildman–Crippen LogP) is -0.881. The first-order valence-electron chi connectivity index (χ1n) is 12.8. The number of halogens is 2. The standard InChI is InChI=1S/C23H22F2N9O8PS/c1-2-22(9(35)3-10(41-22)33-4-8(24)11-16(26)28-6-29-17(11)33)5-39-43(38,44)42-15-20(40-14-13(36)23(14,15)25)34-7-30-12-18(34)31-21(27)32-19(12)37/h1,4,6-7,9-10,13-15,20,35-36H,3,5H2,(H,38,44)(H2,26,28,29)(H3,27,31,32,37)/t9-,10+,13?,14+,15?,20+,22+,23+,43?/m0/s1. The van der Waals surface area contributed by atoms with Gasteiger partial charge in [0.05, 0.1) is 18.3 Å². The molecule has 1 aliphatic carbocycles. The summed E-state index contributed by atoms with van der Waals surface area (Å²) in [4.78, 5) is 41.3. The van der Waals surface area contributed by atoms with Crippen molar-refractivity contribution in [3.05, 3.63) is 35.0 Å². The van der Waals surface area contributed by atoms with E-state index in [-0.39, 0.29) is 40.4 Å². The van der Waals surface area contributed by atoms with Crippen LogP contribution in [-0.2, 0) is 30.3 Å². The van der Waals surface area contributed by atoms with Gasteiger partial charge >= 0.3 is 6.72 Å². The lowest BCUT2D eigenvalue weighted by molar-refractivity contribution is -0.0954. The highest BCUT2D eigenvalue weighted by molar-refractivity contribution is 8.07. The quantitative estimate of drug-likeness (QED) is 0.105. The molecule has 7 rings (SSSR count). The third-order valence-corrected chi connectivity index (χ3v) is 9.44. The summed E-state index contributed by atoms with van der Waals surface area (Å²) in [5, 5.41) is 21.0. The number of hydrogen-bond acceptors (Lipinski definition) is 14. The van der Waals surface area contributed by atoms with Crippen LogP contribution in [0, 0.1) is 18.2 Å². The number of nitrogens with one attached hydrogen (secondary N) is 1. The maximum Gasteiger partial charge on any atom is 0.325 e. The number of nitrogens with two attached hydrogens (primary N) is 2. The Hall–Kier alpha value is -3.64. The smallest absolute Gasteiger partial charge is 0.325 e. The number of aromatic nitrogens is 7. The number of terminal acetylenes is 1. The fourth-order valence-electron chi connectivity index (χ4n) is 5.61. The minimum Gasteiger partial charge on any atom is -0.389 e. The summed E-state index contributed by atoms with van der Waals surface area (Å²) in [7, 11) is 0. The number of fused-ring (bicyclic) bond motifs is 3. The average molecular weight is 654 g/mol. The van der Waals surface area contributed by atoms with E-state index >= 15 is 4.39 Å². The van der Waals surface area contributed by atoms with Gasteiger partial charge in [-0.05, 0) is 11.8 Å².